The molecule has 1 amide bonds. The van der Waals surface area contributed by atoms with E-state index in [1.807, 2.05) is 18.2 Å². The standard InChI is InChI=1S/C18H15ClN2O3/c1-11(20-18(23)24)15-10-12-6-5-9-14(19)16(12)17(22)21(15)13-7-3-2-4-8-13/h2-11,20H,1H3,(H,23,24)/t11-/m0/s1. The van der Waals surface area contributed by atoms with Crippen LogP contribution in [-0.4, -0.2) is 15.8 Å². The van der Waals surface area contributed by atoms with Crippen LogP contribution in [0.4, 0.5) is 4.79 Å². The molecule has 0 fully saturated rings. The van der Waals surface area contributed by atoms with Gasteiger partial charge in [-0.05, 0) is 36.6 Å². The number of aromatic nitrogens is 1. The summed E-state index contributed by atoms with van der Waals surface area (Å²) in [6, 6.07) is 15.5. The third kappa shape index (κ3) is 2.86. The Morgan fingerprint density at radius 1 is 1.17 bits per heavy atom. The second kappa shape index (κ2) is 6.37. The van der Waals surface area contributed by atoms with E-state index < -0.39 is 12.1 Å². The van der Waals surface area contributed by atoms with Crippen LogP contribution in [0.25, 0.3) is 16.5 Å². The number of benzene rings is 2. The van der Waals surface area contributed by atoms with Crippen molar-refractivity contribution < 1.29 is 9.90 Å². The van der Waals surface area contributed by atoms with E-state index in [2.05, 4.69) is 5.32 Å². The van der Waals surface area contributed by atoms with Gasteiger partial charge in [0.2, 0.25) is 0 Å². The molecule has 3 aromatic rings. The van der Waals surface area contributed by atoms with E-state index in [1.54, 1.807) is 43.3 Å². The molecule has 5 nitrogen and oxygen atoms in total. The first-order valence-electron chi connectivity index (χ1n) is 7.38. The molecule has 1 atom stereocenters. The molecule has 0 bridgehead atoms. The fourth-order valence-corrected chi connectivity index (χ4v) is 3.02. The van der Waals surface area contributed by atoms with Gasteiger partial charge in [-0.1, -0.05) is 41.9 Å². The maximum Gasteiger partial charge on any atom is 0.405 e. The molecule has 0 aliphatic carbocycles. The number of amides is 1. The molecule has 1 aromatic heterocycles. The topological polar surface area (TPSA) is 71.3 Å². The van der Waals surface area contributed by atoms with E-state index in [9.17, 15) is 9.59 Å². The van der Waals surface area contributed by atoms with Crippen LogP contribution in [-0.2, 0) is 0 Å². The Morgan fingerprint density at radius 2 is 1.88 bits per heavy atom. The van der Waals surface area contributed by atoms with Gasteiger partial charge in [0.05, 0.1) is 16.5 Å². The van der Waals surface area contributed by atoms with Gasteiger partial charge in [-0.15, -0.1) is 0 Å². The number of carbonyl (C=O) groups is 1. The second-order valence-electron chi connectivity index (χ2n) is 5.42. The lowest BCUT2D eigenvalue weighted by molar-refractivity contribution is 0.190. The lowest BCUT2D eigenvalue weighted by Gasteiger charge is -2.20. The smallest absolute Gasteiger partial charge is 0.405 e. The molecule has 2 N–H and O–H groups in total. The van der Waals surface area contributed by atoms with Crippen molar-refractivity contribution in [1.29, 1.82) is 0 Å². The summed E-state index contributed by atoms with van der Waals surface area (Å²) in [4.78, 5) is 24.1. The van der Waals surface area contributed by atoms with Crippen LogP contribution in [0.5, 0.6) is 0 Å². The number of hydrogen-bond donors (Lipinski definition) is 2. The Hall–Kier alpha value is -2.79. The van der Waals surface area contributed by atoms with Crippen LogP contribution in [0.15, 0.2) is 59.4 Å². The van der Waals surface area contributed by atoms with Crippen molar-refractivity contribution in [3.8, 4) is 5.69 Å². The van der Waals surface area contributed by atoms with Gasteiger partial charge in [0, 0.05) is 11.4 Å². The zero-order valence-electron chi connectivity index (χ0n) is 12.9. The van der Waals surface area contributed by atoms with Crippen LogP contribution in [0.3, 0.4) is 0 Å². The number of halogens is 1. The molecule has 6 heteroatoms. The zero-order valence-corrected chi connectivity index (χ0v) is 13.6. The van der Waals surface area contributed by atoms with E-state index >= 15 is 0 Å². The van der Waals surface area contributed by atoms with E-state index in [0.717, 1.165) is 0 Å². The molecule has 0 radical (unpaired) electrons. The number of hydrogen-bond acceptors (Lipinski definition) is 2. The van der Waals surface area contributed by atoms with Crippen LogP contribution in [0.1, 0.15) is 18.7 Å². The highest BCUT2D eigenvalue weighted by atomic mass is 35.5. The molecule has 1 heterocycles. The van der Waals surface area contributed by atoms with Gasteiger partial charge in [0.25, 0.3) is 5.56 Å². The van der Waals surface area contributed by atoms with Crippen molar-refractivity contribution in [2.24, 2.45) is 0 Å². The summed E-state index contributed by atoms with van der Waals surface area (Å²) in [5, 5.41) is 12.9. The fourth-order valence-electron chi connectivity index (χ4n) is 2.76. The minimum Gasteiger partial charge on any atom is -0.465 e. The van der Waals surface area contributed by atoms with Crippen molar-refractivity contribution in [2.45, 2.75) is 13.0 Å². The number of nitrogens with zero attached hydrogens (tertiary/aromatic N) is 1. The van der Waals surface area contributed by atoms with Gasteiger partial charge >= 0.3 is 6.09 Å². The molecular weight excluding hydrogens is 328 g/mol. The predicted octanol–water partition coefficient (Wildman–Crippen LogP) is 3.97. The summed E-state index contributed by atoms with van der Waals surface area (Å²) < 4.78 is 1.49. The lowest BCUT2D eigenvalue weighted by atomic mass is 10.1. The van der Waals surface area contributed by atoms with Crippen molar-refractivity contribution in [1.82, 2.24) is 9.88 Å². The highest BCUT2D eigenvalue weighted by molar-refractivity contribution is 6.35. The number of pyridine rings is 1. The minimum absolute atomic E-state index is 0.279. The van der Waals surface area contributed by atoms with Gasteiger partial charge in [-0.2, -0.15) is 0 Å². The molecule has 3 rings (SSSR count). The molecule has 122 valence electrons. The average Bonchev–Trinajstić information content (AvgIpc) is 2.54. The van der Waals surface area contributed by atoms with Crippen LogP contribution >= 0.6 is 11.6 Å². The molecule has 0 unspecified atom stereocenters. The Bertz CT molecular complexity index is 967. The highest BCUT2D eigenvalue weighted by Crippen LogP contribution is 2.25. The second-order valence-corrected chi connectivity index (χ2v) is 5.83. The molecule has 0 spiro atoms. The van der Waals surface area contributed by atoms with Crippen LogP contribution in [0, 0.1) is 0 Å². The zero-order chi connectivity index (χ0) is 17.3. The largest absolute Gasteiger partial charge is 0.465 e. The summed E-state index contributed by atoms with van der Waals surface area (Å²) in [5.74, 6) is 0. The average molecular weight is 343 g/mol. The highest BCUT2D eigenvalue weighted by Gasteiger charge is 2.18. The van der Waals surface area contributed by atoms with Crippen LogP contribution in [0.2, 0.25) is 5.02 Å². The normalized spacial score (nSPS) is 12.1. The number of para-hydroxylation sites is 1. The third-order valence-corrected chi connectivity index (χ3v) is 4.14. The van der Waals surface area contributed by atoms with Crippen molar-refractivity contribution in [3.63, 3.8) is 0 Å². The number of rotatable bonds is 3. The maximum atomic E-state index is 13.1. The Morgan fingerprint density at radius 3 is 2.54 bits per heavy atom. The van der Waals surface area contributed by atoms with Gasteiger partial charge in [-0.25, -0.2) is 4.79 Å². The van der Waals surface area contributed by atoms with Crippen LogP contribution < -0.4 is 10.9 Å². The van der Waals surface area contributed by atoms with Gasteiger partial charge in [-0.3, -0.25) is 9.36 Å². The SMILES string of the molecule is C[C@H](NC(=O)O)c1cc2cccc(Cl)c2c(=O)n1-c1ccccc1. The van der Waals surface area contributed by atoms with E-state index in [0.29, 0.717) is 27.2 Å². The van der Waals surface area contributed by atoms with Gasteiger partial charge in [0.1, 0.15) is 0 Å². The first kappa shape index (κ1) is 16.1. The number of nitrogens with one attached hydrogen (secondary N) is 1. The summed E-state index contributed by atoms with van der Waals surface area (Å²) >= 11 is 6.21. The fraction of sp³-hybridized carbons (Fsp3) is 0.111. The minimum atomic E-state index is -1.15. The molecule has 0 saturated heterocycles. The maximum absolute atomic E-state index is 13.1. The van der Waals surface area contributed by atoms with E-state index in [-0.39, 0.29) is 5.56 Å². The van der Waals surface area contributed by atoms with Crippen molar-refractivity contribution in [2.75, 3.05) is 0 Å². The molecule has 0 aliphatic rings. The van der Waals surface area contributed by atoms with Gasteiger partial charge in [0.15, 0.2) is 0 Å². The number of carboxylic acid groups (broad SMARTS) is 1. The van der Waals surface area contributed by atoms with Crippen molar-refractivity contribution in [3.05, 3.63) is 75.7 Å². The summed E-state index contributed by atoms with van der Waals surface area (Å²) in [6.07, 6.45) is -1.15. The molecule has 0 saturated carbocycles. The summed E-state index contributed by atoms with van der Waals surface area (Å²) in [5.41, 5.74) is 0.917. The predicted molar refractivity (Wildman–Crippen MR) is 94.1 cm³/mol. The Balaban J connectivity index is 2.37. The lowest BCUT2D eigenvalue weighted by Crippen LogP contribution is -2.31. The molecule has 0 aliphatic heterocycles. The quantitative estimate of drug-likeness (QED) is 0.756. The Labute approximate surface area is 143 Å². The Kier molecular flexibility index (Phi) is 4.27. The van der Waals surface area contributed by atoms with Crippen molar-refractivity contribution >= 4 is 28.5 Å². The first-order chi connectivity index (χ1) is 11.5. The summed E-state index contributed by atoms with van der Waals surface area (Å²) in [6.45, 7) is 1.69. The molecular formula is C18H15ClN2O3. The molecule has 24 heavy (non-hydrogen) atoms. The first-order valence-corrected chi connectivity index (χ1v) is 7.76. The third-order valence-electron chi connectivity index (χ3n) is 3.82. The molecule has 2 aromatic carbocycles. The monoisotopic (exact) mass is 342 g/mol. The number of fused-ring (bicyclic) bond motifs is 1. The van der Waals surface area contributed by atoms with E-state index in [4.69, 9.17) is 16.7 Å². The van der Waals surface area contributed by atoms with Gasteiger partial charge < -0.3 is 10.4 Å². The summed E-state index contributed by atoms with van der Waals surface area (Å²) in [7, 11) is 0. The van der Waals surface area contributed by atoms with E-state index in [1.165, 1.54) is 4.57 Å².